The zero-order valence-corrected chi connectivity index (χ0v) is 16.2. The van der Waals surface area contributed by atoms with E-state index in [1.54, 1.807) is 11.8 Å². The molecule has 0 saturated carbocycles. The fourth-order valence-corrected chi connectivity index (χ4v) is 3.42. The van der Waals surface area contributed by atoms with Crippen LogP contribution in [0.15, 0.2) is 30.3 Å². The Morgan fingerprint density at radius 2 is 1.79 bits per heavy atom. The molecule has 2 aromatic rings. The van der Waals surface area contributed by atoms with Crippen LogP contribution in [-0.4, -0.2) is 51.7 Å². The molecule has 0 aliphatic carbocycles. The molecule has 0 radical (unpaired) electrons. The molecule has 152 valence electrons. The van der Waals surface area contributed by atoms with Crippen molar-refractivity contribution in [3.8, 4) is 0 Å². The predicted molar refractivity (Wildman–Crippen MR) is 99.6 cm³/mol. The molecule has 28 heavy (non-hydrogen) atoms. The lowest BCUT2D eigenvalue weighted by Crippen LogP contribution is -2.48. The molecule has 0 bridgehead atoms. The predicted octanol–water partition coefficient (Wildman–Crippen LogP) is 3.25. The van der Waals surface area contributed by atoms with Gasteiger partial charge in [-0.3, -0.25) is 14.4 Å². The van der Waals surface area contributed by atoms with E-state index in [0.717, 1.165) is 25.7 Å². The van der Waals surface area contributed by atoms with E-state index < -0.39 is 11.9 Å². The number of piperazine rings is 1. The minimum Gasteiger partial charge on any atom is -0.340 e. The summed E-state index contributed by atoms with van der Waals surface area (Å²) in [7, 11) is 0. The van der Waals surface area contributed by atoms with E-state index in [-0.39, 0.29) is 18.9 Å². The summed E-state index contributed by atoms with van der Waals surface area (Å²) in [4.78, 5) is 16.6. The Labute approximate surface area is 162 Å². The summed E-state index contributed by atoms with van der Waals surface area (Å²) in [5.41, 5.74) is 2.04. The molecule has 2 heterocycles. The molecule has 3 rings (SSSR count). The highest BCUT2D eigenvalue weighted by molar-refractivity contribution is 5.76. The van der Waals surface area contributed by atoms with Gasteiger partial charge >= 0.3 is 6.18 Å². The van der Waals surface area contributed by atoms with Gasteiger partial charge in [-0.15, -0.1) is 0 Å². The maximum atomic E-state index is 12.7. The van der Waals surface area contributed by atoms with Crippen LogP contribution >= 0.6 is 0 Å². The van der Waals surface area contributed by atoms with Crippen molar-refractivity contribution in [2.24, 2.45) is 0 Å². The highest BCUT2D eigenvalue weighted by Gasteiger charge is 2.34. The molecule has 0 N–H and O–H groups in total. The molecule has 1 aliphatic rings. The van der Waals surface area contributed by atoms with Crippen molar-refractivity contribution in [3.05, 3.63) is 52.8 Å². The first-order valence-electron chi connectivity index (χ1n) is 9.40. The number of carbonyl (C=O) groups is 1. The van der Waals surface area contributed by atoms with Crippen molar-refractivity contribution in [2.45, 2.75) is 39.5 Å². The molecule has 1 aliphatic heterocycles. The summed E-state index contributed by atoms with van der Waals surface area (Å²) >= 11 is 0. The second-order valence-electron chi connectivity index (χ2n) is 7.23. The molecular formula is C20H25F3N4O. The quantitative estimate of drug-likeness (QED) is 0.782. The first-order chi connectivity index (χ1) is 13.2. The third kappa shape index (κ3) is 4.92. The summed E-state index contributed by atoms with van der Waals surface area (Å²) in [6.07, 6.45) is -4.31. The lowest BCUT2D eigenvalue weighted by Gasteiger charge is -2.35. The van der Waals surface area contributed by atoms with E-state index in [2.05, 4.69) is 29.1 Å². The van der Waals surface area contributed by atoms with Crippen molar-refractivity contribution in [1.29, 1.82) is 0 Å². The third-order valence-corrected chi connectivity index (χ3v) is 5.19. The SMILES string of the molecule is Cc1ccccc1CN1CCN(C(=O)CCn2nc(C(F)(F)F)cc2C)CC1. The summed E-state index contributed by atoms with van der Waals surface area (Å²) in [5.74, 6) is -0.0426. The van der Waals surface area contributed by atoms with Crippen LogP contribution in [0.3, 0.4) is 0 Å². The van der Waals surface area contributed by atoms with Crippen LogP contribution in [0, 0.1) is 13.8 Å². The van der Waals surface area contributed by atoms with Gasteiger partial charge in [-0.05, 0) is 31.0 Å². The largest absolute Gasteiger partial charge is 0.435 e. The zero-order chi connectivity index (χ0) is 20.3. The normalized spacial score (nSPS) is 15.8. The molecule has 5 nitrogen and oxygen atoms in total. The number of rotatable bonds is 5. The lowest BCUT2D eigenvalue weighted by atomic mass is 10.1. The van der Waals surface area contributed by atoms with Crippen molar-refractivity contribution >= 4 is 5.91 Å². The van der Waals surface area contributed by atoms with Crippen molar-refractivity contribution < 1.29 is 18.0 Å². The van der Waals surface area contributed by atoms with Gasteiger partial charge in [-0.2, -0.15) is 18.3 Å². The molecule has 1 amide bonds. The second-order valence-corrected chi connectivity index (χ2v) is 7.23. The average molecular weight is 394 g/mol. The smallest absolute Gasteiger partial charge is 0.340 e. The Bertz CT molecular complexity index is 823. The third-order valence-electron chi connectivity index (χ3n) is 5.19. The number of nitrogens with zero attached hydrogens (tertiary/aromatic N) is 4. The number of aromatic nitrogens is 2. The number of alkyl halides is 3. The lowest BCUT2D eigenvalue weighted by molar-refractivity contribution is -0.141. The summed E-state index contributed by atoms with van der Waals surface area (Å²) in [6, 6.07) is 9.28. The van der Waals surface area contributed by atoms with Crippen molar-refractivity contribution in [1.82, 2.24) is 19.6 Å². The monoisotopic (exact) mass is 394 g/mol. The highest BCUT2D eigenvalue weighted by Crippen LogP contribution is 2.28. The Balaban J connectivity index is 1.48. The van der Waals surface area contributed by atoms with Gasteiger partial charge in [0.15, 0.2) is 5.69 Å². The number of aryl methyl sites for hydroxylation is 3. The maximum absolute atomic E-state index is 12.7. The van der Waals surface area contributed by atoms with Crippen LogP contribution in [-0.2, 0) is 24.1 Å². The average Bonchev–Trinajstić information content (AvgIpc) is 3.03. The minimum absolute atomic E-state index is 0.0426. The van der Waals surface area contributed by atoms with Gasteiger partial charge in [-0.1, -0.05) is 24.3 Å². The van der Waals surface area contributed by atoms with Crippen LogP contribution in [0.25, 0.3) is 0 Å². The fourth-order valence-electron chi connectivity index (χ4n) is 3.42. The topological polar surface area (TPSA) is 41.4 Å². The van der Waals surface area contributed by atoms with E-state index in [1.807, 2.05) is 12.1 Å². The Hall–Kier alpha value is -2.35. The van der Waals surface area contributed by atoms with Gasteiger partial charge in [0.2, 0.25) is 5.91 Å². The zero-order valence-electron chi connectivity index (χ0n) is 16.2. The Morgan fingerprint density at radius 3 is 2.39 bits per heavy atom. The van der Waals surface area contributed by atoms with E-state index in [1.165, 1.54) is 15.8 Å². The van der Waals surface area contributed by atoms with Crippen molar-refractivity contribution in [2.75, 3.05) is 26.2 Å². The van der Waals surface area contributed by atoms with Gasteiger partial charge in [0.05, 0.1) is 0 Å². The molecule has 0 spiro atoms. The number of halogens is 3. The number of hydrogen-bond acceptors (Lipinski definition) is 3. The van der Waals surface area contributed by atoms with Gasteiger partial charge in [-0.25, -0.2) is 0 Å². The van der Waals surface area contributed by atoms with Gasteiger partial charge < -0.3 is 4.90 Å². The van der Waals surface area contributed by atoms with E-state index in [9.17, 15) is 18.0 Å². The molecule has 1 fully saturated rings. The standard InChI is InChI=1S/C20H25F3N4O/c1-15-5-3-4-6-17(15)14-25-9-11-26(12-10-25)19(28)7-8-27-16(2)13-18(24-27)20(21,22)23/h3-6,13H,7-12,14H2,1-2H3. The van der Waals surface area contributed by atoms with Crippen LogP contribution in [0.4, 0.5) is 13.2 Å². The van der Waals surface area contributed by atoms with Crippen LogP contribution < -0.4 is 0 Å². The second kappa shape index (κ2) is 8.34. The van der Waals surface area contributed by atoms with Gasteiger partial charge in [0, 0.05) is 51.4 Å². The minimum atomic E-state index is -4.46. The van der Waals surface area contributed by atoms with Crippen LogP contribution in [0.5, 0.6) is 0 Å². The first kappa shape index (κ1) is 20.4. The molecule has 1 aromatic carbocycles. The van der Waals surface area contributed by atoms with Gasteiger partial charge in [0.1, 0.15) is 0 Å². The molecule has 0 unspecified atom stereocenters. The van der Waals surface area contributed by atoms with Crippen LogP contribution in [0.2, 0.25) is 0 Å². The number of carbonyl (C=O) groups excluding carboxylic acids is 1. The Morgan fingerprint density at radius 1 is 1.11 bits per heavy atom. The fraction of sp³-hybridized carbons (Fsp3) is 0.500. The van der Waals surface area contributed by atoms with E-state index in [4.69, 9.17) is 0 Å². The summed E-state index contributed by atoms with van der Waals surface area (Å²) < 4.78 is 39.5. The molecular weight excluding hydrogens is 369 g/mol. The van der Waals surface area contributed by atoms with E-state index in [0.29, 0.717) is 18.8 Å². The van der Waals surface area contributed by atoms with Crippen LogP contribution in [0.1, 0.15) is 28.9 Å². The summed E-state index contributed by atoms with van der Waals surface area (Å²) in [6.45, 7) is 7.53. The number of benzene rings is 1. The summed E-state index contributed by atoms with van der Waals surface area (Å²) in [5, 5.41) is 3.58. The first-order valence-corrected chi connectivity index (χ1v) is 9.40. The highest BCUT2D eigenvalue weighted by atomic mass is 19.4. The number of hydrogen-bond donors (Lipinski definition) is 0. The molecule has 8 heteroatoms. The maximum Gasteiger partial charge on any atom is 0.435 e. The van der Waals surface area contributed by atoms with Crippen molar-refractivity contribution in [3.63, 3.8) is 0 Å². The molecule has 1 saturated heterocycles. The molecule has 0 atom stereocenters. The number of amides is 1. The Kier molecular flexibility index (Phi) is 6.07. The van der Waals surface area contributed by atoms with E-state index >= 15 is 0 Å². The molecule has 1 aromatic heterocycles. The van der Waals surface area contributed by atoms with Gasteiger partial charge in [0.25, 0.3) is 0 Å².